The van der Waals surface area contributed by atoms with Crippen LogP contribution in [-0.4, -0.2) is 55.5 Å². The van der Waals surface area contributed by atoms with Gasteiger partial charge in [0, 0.05) is 32.7 Å². The molecule has 2 aliphatic heterocycles. The lowest BCUT2D eigenvalue weighted by Crippen LogP contribution is -2.48. The monoisotopic (exact) mass is 366 g/mol. The van der Waals surface area contributed by atoms with E-state index in [1.807, 2.05) is 37.3 Å². The Hall–Kier alpha value is -2.57. The molecule has 0 spiro atoms. The van der Waals surface area contributed by atoms with Crippen LogP contribution >= 0.6 is 0 Å². The molecule has 2 heterocycles. The van der Waals surface area contributed by atoms with Crippen LogP contribution in [0.15, 0.2) is 36.4 Å². The molecular weight excluding hydrogens is 340 g/mol. The average molecular weight is 366 g/mol. The maximum Gasteiger partial charge on any atom is 0.234 e. The first kappa shape index (κ1) is 17.8. The van der Waals surface area contributed by atoms with Gasteiger partial charge in [-0.15, -0.1) is 0 Å². The van der Waals surface area contributed by atoms with E-state index in [1.54, 1.807) is 0 Å². The van der Waals surface area contributed by atoms with Crippen molar-refractivity contribution in [3.63, 3.8) is 0 Å². The number of nitrogens with one attached hydrogen (secondary N) is 2. The number of piperazine rings is 1. The maximum atomic E-state index is 12.2. The molecule has 27 heavy (non-hydrogen) atoms. The average Bonchev–Trinajstić information content (AvgIpc) is 2.66. The number of ether oxygens (including phenoxy) is 1. The Labute approximate surface area is 160 Å². The van der Waals surface area contributed by atoms with Crippen molar-refractivity contribution in [2.24, 2.45) is 0 Å². The van der Waals surface area contributed by atoms with Crippen molar-refractivity contribution in [2.45, 2.75) is 13.5 Å². The fourth-order valence-electron chi connectivity index (χ4n) is 3.41. The molecule has 2 aliphatic rings. The summed E-state index contributed by atoms with van der Waals surface area (Å²) in [6.45, 7) is 6.94. The number of nitrogens with zero attached hydrogens (tertiary/aromatic N) is 2. The summed E-state index contributed by atoms with van der Waals surface area (Å²) in [6, 6.07) is 12.1. The number of fused-ring (bicyclic) bond motifs is 2. The number of benzene rings is 2. The Morgan fingerprint density at radius 1 is 1.07 bits per heavy atom. The fraction of sp³-hybridized carbons (Fsp3) is 0.381. The highest BCUT2D eigenvalue weighted by Crippen LogP contribution is 2.42. The largest absolute Gasteiger partial charge is 0.453 e. The SMILES string of the molecule is Cc1ccc2c(c1)Oc1cc(CNC(=O)CN3CCN(C)CC3)ccc1N2. The topological polar surface area (TPSA) is 56.8 Å². The second-order valence-corrected chi connectivity index (χ2v) is 7.41. The van der Waals surface area contributed by atoms with Gasteiger partial charge in [0.1, 0.15) is 0 Å². The lowest BCUT2D eigenvalue weighted by molar-refractivity contribution is -0.122. The molecule has 0 radical (unpaired) electrons. The first-order chi connectivity index (χ1) is 13.1. The minimum absolute atomic E-state index is 0.0669. The smallest absolute Gasteiger partial charge is 0.234 e. The summed E-state index contributed by atoms with van der Waals surface area (Å²) < 4.78 is 6.05. The molecule has 1 amide bonds. The third-order valence-corrected chi connectivity index (χ3v) is 5.13. The minimum atomic E-state index is 0.0669. The Balaban J connectivity index is 1.34. The van der Waals surface area contributed by atoms with Gasteiger partial charge in [0.05, 0.1) is 17.9 Å². The highest BCUT2D eigenvalue weighted by Gasteiger charge is 2.18. The number of aryl methyl sites for hydroxylation is 1. The summed E-state index contributed by atoms with van der Waals surface area (Å²) in [5, 5.41) is 6.42. The van der Waals surface area contributed by atoms with Gasteiger partial charge in [-0.3, -0.25) is 9.69 Å². The lowest BCUT2D eigenvalue weighted by atomic mass is 10.1. The van der Waals surface area contributed by atoms with Crippen LogP contribution in [0.25, 0.3) is 0 Å². The van der Waals surface area contributed by atoms with Crippen LogP contribution in [0.2, 0.25) is 0 Å². The Morgan fingerprint density at radius 3 is 2.56 bits per heavy atom. The molecular formula is C21H26N4O2. The second kappa shape index (κ2) is 7.58. The van der Waals surface area contributed by atoms with Crippen LogP contribution in [0, 0.1) is 6.92 Å². The van der Waals surface area contributed by atoms with Crippen molar-refractivity contribution < 1.29 is 9.53 Å². The molecule has 0 aliphatic carbocycles. The summed E-state index contributed by atoms with van der Waals surface area (Å²) in [5.41, 5.74) is 4.10. The zero-order valence-corrected chi connectivity index (χ0v) is 15.9. The van der Waals surface area contributed by atoms with Crippen molar-refractivity contribution in [3.05, 3.63) is 47.5 Å². The molecule has 6 heteroatoms. The molecule has 1 saturated heterocycles. The van der Waals surface area contributed by atoms with Crippen molar-refractivity contribution in [2.75, 3.05) is 45.1 Å². The number of carbonyl (C=O) groups is 1. The van der Waals surface area contributed by atoms with Gasteiger partial charge in [-0.25, -0.2) is 0 Å². The van der Waals surface area contributed by atoms with E-state index in [0.717, 1.165) is 60.2 Å². The molecule has 4 rings (SSSR count). The second-order valence-electron chi connectivity index (χ2n) is 7.41. The number of hydrogen-bond donors (Lipinski definition) is 2. The highest BCUT2D eigenvalue weighted by atomic mass is 16.5. The quantitative estimate of drug-likeness (QED) is 0.744. The summed E-state index contributed by atoms with van der Waals surface area (Å²) >= 11 is 0. The summed E-state index contributed by atoms with van der Waals surface area (Å²) in [6.07, 6.45) is 0. The number of carbonyl (C=O) groups excluding carboxylic acids is 1. The number of likely N-dealkylation sites (N-methyl/N-ethyl adjacent to an activating group) is 1. The van der Waals surface area contributed by atoms with E-state index in [9.17, 15) is 4.79 Å². The van der Waals surface area contributed by atoms with Gasteiger partial charge < -0.3 is 20.3 Å². The van der Waals surface area contributed by atoms with Crippen molar-refractivity contribution in [3.8, 4) is 11.5 Å². The van der Waals surface area contributed by atoms with Gasteiger partial charge in [-0.1, -0.05) is 12.1 Å². The molecule has 1 fully saturated rings. The third kappa shape index (κ3) is 4.23. The molecule has 0 bridgehead atoms. The van der Waals surface area contributed by atoms with E-state index in [-0.39, 0.29) is 5.91 Å². The Morgan fingerprint density at radius 2 is 1.78 bits per heavy atom. The van der Waals surface area contributed by atoms with Crippen LogP contribution in [0.1, 0.15) is 11.1 Å². The van der Waals surface area contributed by atoms with Gasteiger partial charge in [0.25, 0.3) is 0 Å². The Bertz CT molecular complexity index is 844. The zero-order valence-electron chi connectivity index (χ0n) is 15.9. The van der Waals surface area contributed by atoms with Crippen molar-refractivity contribution >= 4 is 17.3 Å². The third-order valence-electron chi connectivity index (χ3n) is 5.13. The van der Waals surface area contributed by atoms with E-state index in [2.05, 4.69) is 33.5 Å². The molecule has 0 saturated carbocycles. The minimum Gasteiger partial charge on any atom is -0.453 e. The van der Waals surface area contributed by atoms with Crippen LogP contribution in [0.5, 0.6) is 11.5 Å². The van der Waals surface area contributed by atoms with E-state index in [0.29, 0.717) is 13.1 Å². The highest BCUT2D eigenvalue weighted by molar-refractivity contribution is 5.78. The standard InChI is InChI=1S/C21H26N4O2/c1-15-3-5-17-19(11-15)27-20-12-16(4-6-18(20)23-17)13-22-21(26)14-25-9-7-24(2)8-10-25/h3-6,11-12,23H,7-10,13-14H2,1-2H3,(H,22,26). The lowest BCUT2D eigenvalue weighted by Gasteiger charge is -2.31. The first-order valence-electron chi connectivity index (χ1n) is 9.43. The van der Waals surface area contributed by atoms with E-state index in [1.165, 1.54) is 0 Å². The zero-order chi connectivity index (χ0) is 18.8. The first-order valence-corrected chi connectivity index (χ1v) is 9.43. The predicted molar refractivity (Wildman–Crippen MR) is 107 cm³/mol. The number of rotatable bonds is 4. The van der Waals surface area contributed by atoms with E-state index in [4.69, 9.17) is 4.74 Å². The molecule has 0 atom stereocenters. The molecule has 2 aromatic rings. The van der Waals surface area contributed by atoms with Gasteiger partial charge in [0.15, 0.2) is 11.5 Å². The van der Waals surface area contributed by atoms with Crippen LogP contribution in [0.3, 0.4) is 0 Å². The summed E-state index contributed by atoms with van der Waals surface area (Å²) in [4.78, 5) is 16.7. The van der Waals surface area contributed by atoms with Crippen LogP contribution in [0.4, 0.5) is 11.4 Å². The Kier molecular flexibility index (Phi) is 5.01. The maximum absolute atomic E-state index is 12.2. The van der Waals surface area contributed by atoms with Crippen LogP contribution in [-0.2, 0) is 11.3 Å². The van der Waals surface area contributed by atoms with Crippen LogP contribution < -0.4 is 15.4 Å². The fourth-order valence-corrected chi connectivity index (χ4v) is 3.41. The van der Waals surface area contributed by atoms with Crippen molar-refractivity contribution in [1.82, 2.24) is 15.1 Å². The van der Waals surface area contributed by atoms with E-state index >= 15 is 0 Å². The molecule has 0 unspecified atom stereocenters. The van der Waals surface area contributed by atoms with Crippen molar-refractivity contribution in [1.29, 1.82) is 0 Å². The summed E-state index contributed by atoms with van der Waals surface area (Å²) in [7, 11) is 2.12. The predicted octanol–water partition coefficient (Wildman–Crippen LogP) is 2.71. The van der Waals surface area contributed by atoms with Gasteiger partial charge in [0.2, 0.25) is 5.91 Å². The summed E-state index contributed by atoms with van der Waals surface area (Å²) in [5.74, 6) is 1.69. The number of hydrogen-bond acceptors (Lipinski definition) is 5. The molecule has 6 nitrogen and oxygen atoms in total. The number of amides is 1. The van der Waals surface area contributed by atoms with Gasteiger partial charge >= 0.3 is 0 Å². The molecule has 0 aromatic heterocycles. The molecule has 2 N–H and O–H groups in total. The molecule has 2 aromatic carbocycles. The van der Waals surface area contributed by atoms with Gasteiger partial charge in [-0.2, -0.15) is 0 Å². The normalized spacial score (nSPS) is 16.7. The van der Waals surface area contributed by atoms with E-state index < -0.39 is 0 Å². The molecule has 142 valence electrons. The van der Waals surface area contributed by atoms with Gasteiger partial charge in [-0.05, 0) is 49.4 Å². The number of anilines is 2.